The molecule has 1 atom stereocenters. The van der Waals surface area contributed by atoms with Crippen LogP contribution in [0.5, 0.6) is 0 Å². The van der Waals surface area contributed by atoms with Gasteiger partial charge in [-0.25, -0.2) is 0 Å². The highest BCUT2D eigenvalue weighted by Gasteiger charge is 2.18. The SMILES string of the molecule is CC[C@H](C)NC(=O)Cn1c(=O)cc(-c2nc(C(C)C)no2)c2ccccc21. The first-order valence-electron chi connectivity index (χ1n) is 9.16. The summed E-state index contributed by atoms with van der Waals surface area (Å²) >= 11 is 0. The second kappa shape index (κ2) is 7.73. The molecule has 1 N–H and O–H groups in total. The van der Waals surface area contributed by atoms with Gasteiger partial charge in [-0.2, -0.15) is 4.98 Å². The molecule has 0 aliphatic rings. The fraction of sp³-hybridized carbons (Fsp3) is 0.400. The number of carbonyl (C=O) groups excluding carboxylic acids is 1. The molecule has 1 amide bonds. The van der Waals surface area contributed by atoms with Crippen molar-refractivity contribution in [3.05, 3.63) is 46.5 Å². The Morgan fingerprint density at radius 3 is 2.67 bits per heavy atom. The monoisotopic (exact) mass is 368 g/mol. The van der Waals surface area contributed by atoms with Gasteiger partial charge in [0.05, 0.1) is 11.1 Å². The van der Waals surface area contributed by atoms with Crippen molar-refractivity contribution in [2.75, 3.05) is 0 Å². The van der Waals surface area contributed by atoms with Gasteiger partial charge in [0.1, 0.15) is 6.54 Å². The highest BCUT2D eigenvalue weighted by Crippen LogP contribution is 2.27. The van der Waals surface area contributed by atoms with Gasteiger partial charge in [-0.3, -0.25) is 14.2 Å². The summed E-state index contributed by atoms with van der Waals surface area (Å²) in [5.41, 5.74) is 0.949. The first-order valence-corrected chi connectivity index (χ1v) is 9.16. The largest absolute Gasteiger partial charge is 0.352 e. The Labute approximate surface area is 157 Å². The highest BCUT2D eigenvalue weighted by atomic mass is 16.5. The van der Waals surface area contributed by atoms with Crippen LogP contribution in [0.25, 0.3) is 22.4 Å². The van der Waals surface area contributed by atoms with Gasteiger partial charge in [0, 0.05) is 23.4 Å². The molecule has 0 aliphatic carbocycles. The number of pyridine rings is 1. The molecule has 0 fully saturated rings. The number of aromatic nitrogens is 3. The summed E-state index contributed by atoms with van der Waals surface area (Å²) in [6, 6.07) is 8.92. The molecule has 142 valence electrons. The number of amides is 1. The number of benzene rings is 1. The van der Waals surface area contributed by atoms with Crippen LogP contribution >= 0.6 is 0 Å². The summed E-state index contributed by atoms with van der Waals surface area (Å²) in [7, 11) is 0. The van der Waals surface area contributed by atoms with Gasteiger partial charge in [0.25, 0.3) is 11.4 Å². The van der Waals surface area contributed by atoms with Crippen molar-refractivity contribution >= 4 is 16.8 Å². The Kier molecular flexibility index (Phi) is 5.39. The minimum Gasteiger partial charge on any atom is -0.352 e. The third-order valence-corrected chi connectivity index (χ3v) is 4.53. The van der Waals surface area contributed by atoms with E-state index in [-0.39, 0.29) is 30.0 Å². The fourth-order valence-corrected chi connectivity index (χ4v) is 2.82. The Morgan fingerprint density at radius 1 is 1.26 bits per heavy atom. The molecule has 3 aromatic rings. The maximum Gasteiger partial charge on any atom is 0.258 e. The lowest BCUT2D eigenvalue weighted by atomic mass is 10.1. The van der Waals surface area contributed by atoms with E-state index in [1.54, 1.807) is 0 Å². The molecule has 1 aromatic carbocycles. The molecule has 27 heavy (non-hydrogen) atoms. The topological polar surface area (TPSA) is 90.0 Å². The van der Waals surface area contributed by atoms with E-state index in [1.165, 1.54) is 10.6 Å². The zero-order valence-corrected chi connectivity index (χ0v) is 16.0. The number of nitrogens with one attached hydrogen (secondary N) is 1. The zero-order valence-electron chi connectivity index (χ0n) is 16.0. The molecule has 0 spiro atoms. The van der Waals surface area contributed by atoms with Crippen LogP contribution in [0.1, 0.15) is 45.9 Å². The van der Waals surface area contributed by atoms with Crippen LogP contribution in [0.3, 0.4) is 0 Å². The summed E-state index contributed by atoms with van der Waals surface area (Å²) in [5.74, 6) is 0.831. The Hall–Kier alpha value is -2.96. The van der Waals surface area contributed by atoms with Gasteiger partial charge >= 0.3 is 0 Å². The molecule has 0 saturated carbocycles. The van der Waals surface area contributed by atoms with E-state index >= 15 is 0 Å². The summed E-state index contributed by atoms with van der Waals surface area (Å²) < 4.78 is 6.84. The minimum atomic E-state index is -0.285. The van der Waals surface area contributed by atoms with Gasteiger partial charge in [-0.15, -0.1) is 0 Å². The Bertz CT molecular complexity index is 1020. The molecule has 0 radical (unpaired) electrons. The maximum absolute atomic E-state index is 12.8. The van der Waals surface area contributed by atoms with Crippen LogP contribution in [0, 0.1) is 0 Å². The lowest BCUT2D eigenvalue weighted by Gasteiger charge is -2.14. The van der Waals surface area contributed by atoms with E-state index in [0.717, 1.165) is 11.8 Å². The van der Waals surface area contributed by atoms with Crippen LogP contribution in [0.4, 0.5) is 0 Å². The van der Waals surface area contributed by atoms with E-state index in [9.17, 15) is 9.59 Å². The number of rotatable bonds is 6. The molecule has 0 bridgehead atoms. The number of carbonyl (C=O) groups is 1. The third kappa shape index (κ3) is 3.92. The summed E-state index contributed by atoms with van der Waals surface area (Å²) in [6.45, 7) is 7.84. The second-order valence-electron chi connectivity index (χ2n) is 6.99. The molecule has 2 heterocycles. The van der Waals surface area contributed by atoms with E-state index in [4.69, 9.17) is 4.52 Å². The first-order chi connectivity index (χ1) is 12.9. The minimum absolute atomic E-state index is 0.0367. The molecular weight excluding hydrogens is 344 g/mol. The number of fused-ring (bicyclic) bond motifs is 1. The molecule has 0 unspecified atom stereocenters. The van der Waals surface area contributed by atoms with Crippen LogP contribution in [0.15, 0.2) is 39.6 Å². The first kappa shape index (κ1) is 18.8. The Morgan fingerprint density at radius 2 is 2.00 bits per heavy atom. The second-order valence-corrected chi connectivity index (χ2v) is 6.99. The number of para-hydroxylation sites is 1. The van der Waals surface area contributed by atoms with Crippen LogP contribution in [-0.4, -0.2) is 26.7 Å². The van der Waals surface area contributed by atoms with Crippen molar-refractivity contribution in [2.24, 2.45) is 0 Å². The molecule has 3 rings (SSSR count). The summed E-state index contributed by atoms with van der Waals surface area (Å²) in [6.07, 6.45) is 0.829. The Balaban J connectivity index is 2.07. The van der Waals surface area contributed by atoms with Crippen LogP contribution < -0.4 is 10.9 Å². The highest BCUT2D eigenvalue weighted by molar-refractivity contribution is 5.93. The molecular formula is C20H24N4O3. The number of hydrogen-bond acceptors (Lipinski definition) is 5. The van der Waals surface area contributed by atoms with Gasteiger partial charge in [0.2, 0.25) is 5.91 Å². The maximum atomic E-state index is 12.8. The lowest BCUT2D eigenvalue weighted by Crippen LogP contribution is -2.37. The van der Waals surface area contributed by atoms with Crippen LogP contribution in [0.2, 0.25) is 0 Å². The standard InChI is InChI=1S/C20H24N4O3/c1-5-13(4)21-17(25)11-24-16-9-7-6-8-14(16)15(10-18(24)26)20-22-19(12(2)3)23-27-20/h6-10,12-13H,5,11H2,1-4H3,(H,21,25)/t13-/m0/s1. The predicted octanol–water partition coefficient (Wildman–Crippen LogP) is 3.09. The van der Waals surface area contributed by atoms with E-state index in [2.05, 4.69) is 15.5 Å². The molecule has 7 nitrogen and oxygen atoms in total. The number of hydrogen-bond donors (Lipinski definition) is 1. The lowest BCUT2D eigenvalue weighted by molar-refractivity contribution is -0.122. The zero-order chi connectivity index (χ0) is 19.6. The smallest absolute Gasteiger partial charge is 0.258 e. The predicted molar refractivity (Wildman–Crippen MR) is 103 cm³/mol. The average molecular weight is 368 g/mol. The molecule has 7 heteroatoms. The van der Waals surface area contributed by atoms with Gasteiger partial charge in [-0.05, 0) is 19.4 Å². The normalized spacial score (nSPS) is 12.5. The van der Waals surface area contributed by atoms with E-state index in [0.29, 0.717) is 22.8 Å². The van der Waals surface area contributed by atoms with Gasteiger partial charge in [0.15, 0.2) is 5.82 Å². The van der Waals surface area contributed by atoms with Crippen molar-refractivity contribution < 1.29 is 9.32 Å². The fourth-order valence-electron chi connectivity index (χ4n) is 2.82. The van der Waals surface area contributed by atoms with Crippen molar-refractivity contribution in [1.82, 2.24) is 20.0 Å². The molecule has 0 saturated heterocycles. The van der Waals surface area contributed by atoms with Crippen molar-refractivity contribution in [3.63, 3.8) is 0 Å². The average Bonchev–Trinajstić information content (AvgIpc) is 3.14. The van der Waals surface area contributed by atoms with Crippen molar-refractivity contribution in [1.29, 1.82) is 0 Å². The quantitative estimate of drug-likeness (QED) is 0.722. The number of nitrogens with zero attached hydrogens (tertiary/aromatic N) is 3. The van der Waals surface area contributed by atoms with Gasteiger partial charge in [-0.1, -0.05) is 44.1 Å². The van der Waals surface area contributed by atoms with E-state index < -0.39 is 0 Å². The summed E-state index contributed by atoms with van der Waals surface area (Å²) in [4.78, 5) is 29.5. The van der Waals surface area contributed by atoms with Crippen LogP contribution in [-0.2, 0) is 11.3 Å². The van der Waals surface area contributed by atoms with Crippen molar-refractivity contribution in [2.45, 2.75) is 52.6 Å². The molecule has 2 aromatic heterocycles. The van der Waals surface area contributed by atoms with Gasteiger partial charge < -0.3 is 9.84 Å². The summed E-state index contributed by atoms with van der Waals surface area (Å²) in [5, 5.41) is 7.66. The van der Waals surface area contributed by atoms with Crippen molar-refractivity contribution in [3.8, 4) is 11.5 Å². The van der Waals surface area contributed by atoms with E-state index in [1.807, 2.05) is 52.0 Å². The third-order valence-electron chi connectivity index (χ3n) is 4.53. The molecule has 0 aliphatic heterocycles.